The first-order valence-corrected chi connectivity index (χ1v) is 8.11. The van der Waals surface area contributed by atoms with Gasteiger partial charge in [0.15, 0.2) is 5.16 Å². The normalized spacial score (nSPS) is 14.7. The van der Waals surface area contributed by atoms with E-state index in [-0.39, 0.29) is 5.91 Å². The quantitative estimate of drug-likeness (QED) is 0.832. The SMILES string of the molecule is CCn1c(SCC(=O)NCC2CC2)nc2ccccc21. The van der Waals surface area contributed by atoms with E-state index in [9.17, 15) is 4.79 Å². The highest BCUT2D eigenvalue weighted by atomic mass is 32.2. The molecule has 1 N–H and O–H groups in total. The minimum absolute atomic E-state index is 0.108. The second kappa shape index (κ2) is 5.87. The molecule has 5 heteroatoms. The molecule has 0 atom stereocenters. The minimum atomic E-state index is 0.108. The molecule has 0 spiro atoms. The lowest BCUT2D eigenvalue weighted by Crippen LogP contribution is -2.27. The van der Waals surface area contributed by atoms with Crippen LogP contribution in [0, 0.1) is 5.92 Å². The zero-order valence-electron chi connectivity index (χ0n) is 11.6. The molecule has 1 aliphatic rings. The Kier molecular flexibility index (Phi) is 3.96. The van der Waals surface area contributed by atoms with Gasteiger partial charge in [0.1, 0.15) is 0 Å². The number of imidazole rings is 1. The van der Waals surface area contributed by atoms with Crippen LogP contribution in [0.2, 0.25) is 0 Å². The van der Waals surface area contributed by atoms with Crippen LogP contribution in [-0.2, 0) is 11.3 Å². The second-order valence-corrected chi connectivity index (χ2v) is 6.11. The third-order valence-electron chi connectivity index (χ3n) is 3.55. The number of amides is 1. The predicted octanol–water partition coefficient (Wildman–Crippen LogP) is 2.67. The van der Waals surface area contributed by atoms with E-state index in [1.165, 1.54) is 24.6 Å². The summed E-state index contributed by atoms with van der Waals surface area (Å²) in [6.07, 6.45) is 2.53. The first kappa shape index (κ1) is 13.5. The van der Waals surface area contributed by atoms with Gasteiger partial charge in [0, 0.05) is 13.1 Å². The van der Waals surface area contributed by atoms with Gasteiger partial charge in [-0.15, -0.1) is 0 Å². The summed E-state index contributed by atoms with van der Waals surface area (Å²) >= 11 is 1.52. The number of thioether (sulfide) groups is 1. The Morgan fingerprint density at radius 1 is 1.45 bits per heavy atom. The summed E-state index contributed by atoms with van der Waals surface area (Å²) in [4.78, 5) is 16.4. The van der Waals surface area contributed by atoms with Crippen LogP contribution >= 0.6 is 11.8 Å². The monoisotopic (exact) mass is 289 g/mol. The van der Waals surface area contributed by atoms with E-state index in [1.807, 2.05) is 18.2 Å². The number of carbonyl (C=O) groups is 1. The Balaban J connectivity index is 1.65. The largest absolute Gasteiger partial charge is 0.355 e. The third kappa shape index (κ3) is 2.98. The Morgan fingerprint density at radius 3 is 3.00 bits per heavy atom. The van der Waals surface area contributed by atoms with Crippen molar-refractivity contribution < 1.29 is 4.79 Å². The van der Waals surface area contributed by atoms with Crippen molar-refractivity contribution in [1.82, 2.24) is 14.9 Å². The minimum Gasteiger partial charge on any atom is -0.355 e. The van der Waals surface area contributed by atoms with Crippen molar-refractivity contribution in [2.24, 2.45) is 5.92 Å². The average molecular weight is 289 g/mol. The van der Waals surface area contributed by atoms with Crippen molar-refractivity contribution in [3.63, 3.8) is 0 Å². The molecular weight excluding hydrogens is 270 g/mol. The number of aromatic nitrogens is 2. The molecule has 1 fully saturated rings. The van der Waals surface area contributed by atoms with E-state index in [0.29, 0.717) is 5.75 Å². The molecule has 3 rings (SSSR count). The van der Waals surface area contributed by atoms with Crippen LogP contribution in [0.5, 0.6) is 0 Å². The molecular formula is C15H19N3OS. The van der Waals surface area contributed by atoms with Crippen LogP contribution in [-0.4, -0.2) is 27.8 Å². The summed E-state index contributed by atoms with van der Waals surface area (Å²) in [6.45, 7) is 3.81. The lowest BCUT2D eigenvalue weighted by Gasteiger charge is -2.06. The van der Waals surface area contributed by atoms with Crippen molar-refractivity contribution in [1.29, 1.82) is 0 Å². The third-order valence-corrected chi connectivity index (χ3v) is 4.53. The Hall–Kier alpha value is -1.49. The number of hydrogen-bond donors (Lipinski definition) is 1. The number of para-hydroxylation sites is 2. The second-order valence-electron chi connectivity index (χ2n) is 5.16. The number of carbonyl (C=O) groups excluding carboxylic acids is 1. The maximum atomic E-state index is 11.8. The molecule has 0 unspecified atom stereocenters. The lowest BCUT2D eigenvalue weighted by atomic mass is 10.3. The van der Waals surface area contributed by atoms with Crippen LogP contribution in [0.4, 0.5) is 0 Å². The number of nitrogens with one attached hydrogen (secondary N) is 1. The number of aryl methyl sites for hydroxylation is 1. The Morgan fingerprint density at radius 2 is 2.25 bits per heavy atom. The summed E-state index contributed by atoms with van der Waals surface area (Å²) in [5.74, 6) is 1.27. The number of nitrogens with zero attached hydrogens (tertiary/aromatic N) is 2. The van der Waals surface area contributed by atoms with Crippen molar-refractivity contribution >= 4 is 28.7 Å². The van der Waals surface area contributed by atoms with E-state index in [1.54, 1.807) is 0 Å². The summed E-state index contributed by atoms with van der Waals surface area (Å²) < 4.78 is 2.16. The number of benzene rings is 1. The van der Waals surface area contributed by atoms with Crippen molar-refractivity contribution in [3.05, 3.63) is 24.3 Å². The van der Waals surface area contributed by atoms with E-state index in [0.717, 1.165) is 35.2 Å². The maximum absolute atomic E-state index is 11.8. The van der Waals surface area contributed by atoms with Gasteiger partial charge in [-0.25, -0.2) is 4.98 Å². The molecule has 20 heavy (non-hydrogen) atoms. The van der Waals surface area contributed by atoms with Crippen LogP contribution < -0.4 is 5.32 Å². The molecule has 1 aromatic carbocycles. The standard InChI is InChI=1S/C15H19N3OS/c1-2-18-13-6-4-3-5-12(13)17-15(18)20-10-14(19)16-9-11-7-8-11/h3-6,11H,2,7-10H2,1H3,(H,16,19). The molecule has 1 aromatic heterocycles. The first-order valence-electron chi connectivity index (χ1n) is 7.12. The van der Waals surface area contributed by atoms with Crippen LogP contribution in [0.3, 0.4) is 0 Å². The number of fused-ring (bicyclic) bond motifs is 1. The molecule has 1 saturated carbocycles. The van der Waals surface area contributed by atoms with E-state index in [2.05, 4.69) is 27.9 Å². The molecule has 0 radical (unpaired) electrons. The summed E-state index contributed by atoms with van der Waals surface area (Å²) in [5, 5.41) is 3.92. The Labute approximate surface area is 123 Å². The van der Waals surface area contributed by atoms with Gasteiger partial charge in [-0.3, -0.25) is 4.79 Å². The first-order chi connectivity index (χ1) is 9.78. The molecule has 4 nitrogen and oxygen atoms in total. The van der Waals surface area contributed by atoms with Gasteiger partial charge in [-0.1, -0.05) is 23.9 Å². The molecule has 0 aliphatic heterocycles. The van der Waals surface area contributed by atoms with Gasteiger partial charge in [-0.05, 0) is 37.8 Å². The summed E-state index contributed by atoms with van der Waals surface area (Å²) in [5.41, 5.74) is 2.13. The molecule has 2 aromatic rings. The molecule has 106 valence electrons. The van der Waals surface area contributed by atoms with Gasteiger partial charge >= 0.3 is 0 Å². The fourth-order valence-corrected chi connectivity index (χ4v) is 3.14. The van der Waals surface area contributed by atoms with Crippen molar-refractivity contribution in [3.8, 4) is 0 Å². The van der Waals surface area contributed by atoms with Gasteiger partial charge in [0.05, 0.1) is 16.8 Å². The topological polar surface area (TPSA) is 46.9 Å². The van der Waals surface area contributed by atoms with E-state index < -0.39 is 0 Å². The highest BCUT2D eigenvalue weighted by molar-refractivity contribution is 7.99. The van der Waals surface area contributed by atoms with Crippen LogP contribution in [0.25, 0.3) is 11.0 Å². The van der Waals surface area contributed by atoms with E-state index >= 15 is 0 Å². The molecule has 0 bridgehead atoms. The highest BCUT2D eigenvalue weighted by Gasteiger charge is 2.21. The Bertz CT molecular complexity index is 619. The summed E-state index contributed by atoms with van der Waals surface area (Å²) in [6, 6.07) is 8.10. The smallest absolute Gasteiger partial charge is 0.230 e. The fourth-order valence-electron chi connectivity index (χ4n) is 2.23. The van der Waals surface area contributed by atoms with Gasteiger partial charge < -0.3 is 9.88 Å². The molecule has 0 saturated heterocycles. The zero-order valence-corrected chi connectivity index (χ0v) is 12.4. The van der Waals surface area contributed by atoms with Gasteiger partial charge in [0.25, 0.3) is 0 Å². The zero-order chi connectivity index (χ0) is 13.9. The number of rotatable bonds is 6. The fraction of sp³-hybridized carbons (Fsp3) is 0.467. The summed E-state index contributed by atoms with van der Waals surface area (Å²) in [7, 11) is 0. The lowest BCUT2D eigenvalue weighted by molar-refractivity contribution is -0.118. The molecule has 1 amide bonds. The van der Waals surface area contributed by atoms with E-state index in [4.69, 9.17) is 0 Å². The van der Waals surface area contributed by atoms with Crippen LogP contribution in [0.1, 0.15) is 19.8 Å². The highest BCUT2D eigenvalue weighted by Crippen LogP contribution is 2.28. The van der Waals surface area contributed by atoms with Gasteiger partial charge in [0.2, 0.25) is 5.91 Å². The van der Waals surface area contributed by atoms with Gasteiger partial charge in [-0.2, -0.15) is 0 Å². The van der Waals surface area contributed by atoms with Crippen molar-refractivity contribution in [2.45, 2.75) is 31.5 Å². The predicted molar refractivity (Wildman–Crippen MR) is 81.9 cm³/mol. The maximum Gasteiger partial charge on any atom is 0.230 e. The molecule has 1 heterocycles. The van der Waals surface area contributed by atoms with Crippen molar-refractivity contribution in [2.75, 3.05) is 12.3 Å². The molecule has 1 aliphatic carbocycles. The number of hydrogen-bond acceptors (Lipinski definition) is 3. The van der Waals surface area contributed by atoms with Crippen LogP contribution in [0.15, 0.2) is 29.4 Å². The average Bonchev–Trinajstić information content (AvgIpc) is 3.22.